The van der Waals surface area contributed by atoms with Crippen molar-refractivity contribution in [2.45, 2.75) is 32.5 Å². The lowest BCUT2D eigenvalue weighted by molar-refractivity contribution is -0.157. The zero-order valence-corrected chi connectivity index (χ0v) is 18.8. The molecule has 1 aromatic rings. The molecule has 11 heteroatoms. The highest BCUT2D eigenvalue weighted by molar-refractivity contribution is 14.0. The number of guanidine groups is 1. The standard InChI is InChI=1S/C16H27F3N6O.HI/c1-11(2)14-12(9-25(6)22-14)8-23(4)15(20-3)21-7-13(26)24(5)10-16(17,18)19;/h9,11H,7-8,10H2,1-6H3,(H,20,21);1H. The fourth-order valence-electron chi connectivity index (χ4n) is 2.52. The van der Waals surface area contributed by atoms with Gasteiger partial charge in [-0.3, -0.25) is 14.5 Å². The van der Waals surface area contributed by atoms with E-state index in [0.29, 0.717) is 17.4 Å². The van der Waals surface area contributed by atoms with Crippen LogP contribution in [0.25, 0.3) is 0 Å². The third kappa shape index (κ3) is 8.35. The van der Waals surface area contributed by atoms with Gasteiger partial charge in [-0.05, 0) is 5.92 Å². The number of halogens is 4. The van der Waals surface area contributed by atoms with Crippen LogP contribution in [-0.4, -0.2) is 71.9 Å². The molecule has 0 saturated heterocycles. The van der Waals surface area contributed by atoms with Gasteiger partial charge in [-0.2, -0.15) is 18.3 Å². The molecule has 27 heavy (non-hydrogen) atoms. The first-order valence-corrected chi connectivity index (χ1v) is 8.19. The zero-order valence-electron chi connectivity index (χ0n) is 16.5. The molecule has 0 fully saturated rings. The Kier molecular flexibility index (Phi) is 10.1. The molecule has 156 valence electrons. The molecule has 0 aromatic carbocycles. The maximum atomic E-state index is 12.4. The number of carbonyl (C=O) groups is 1. The number of nitrogens with one attached hydrogen (secondary N) is 1. The highest BCUT2D eigenvalue weighted by atomic mass is 127. The van der Waals surface area contributed by atoms with Crippen molar-refractivity contribution < 1.29 is 18.0 Å². The van der Waals surface area contributed by atoms with Crippen LogP contribution in [0.3, 0.4) is 0 Å². The SMILES string of the molecule is CN=C(NCC(=O)N(C)CC(F)(F)F)N(C)Cc1cn(C)nc1C(C)C.I. The molecule has 0 atom stereocenters. The van der Waals surface area contributed by atoms with Gasteiger partial charge in [-0.25, -0.2) is 0 Å². The van der Waals surface area contributed by atoms with E-state index in [1.165, 1.54) is 0 Å². The molecule has 0 bridgehead atoms. The van der Waals surface area contributed by atoms with Crippen LogP contribution in [0.5, 0.6) is 0 Å². The summed E-state index contributed by atoms with van der Waals surface area (Å²) in [6.45, 7) is 3.05. The number of aliphatic imine (C=N–C) groups is 1. The van der Waals surface area contributed by atoms with Gasteiger partial charge in [0.05, 0.1) is 12.2 Å². The Morgan fingerprint density at radius 2 is 1.93 bits per heavy atom. The Morgan fingerprint density at radius 1 is 1.33 bits per heavy atom. The van der Waals surface area contributed by atoms with Gasteiger partial charge in [0, 0.05) is 46.5 Å². The Hall–Kier alpha value is -1.53. The molecule has 1 heterocycles. The van der Waals surface area contributed by atoms with Gasteiger partial charge >= 0.3 is 6.18 Å². The third-order valence-corrected chi connectivity index (χ3v) is 3.70. The summed E-state index contributed by atoms with van der Waals surface area (Å²) in [7, 11) is 6.30. The summed E-state index contributed by atoms with van der Waals surface area (Å²) in [5, 5.41) is 7.24. The molecular formula is C16H28F3IN6O. The first kappa shape index (κ1) is 25.5. The van der Waals surface area contributed by atoms with Crippen LogP contribution in [0.1, 0.15) is 31.0 Å². The number of carbonyl (C=O) groups excluding carboxylic acids is 1. The van der Waals surface area contributed by atoms with Crippen LogP contribution in [0.4, 0.5) is 13.2 Å². The molecule has 0 aliphatic carbocycles. The molecule has 0 unspecified atom stereocenters. The number of amides is 1. The zero-order chi connectivity index (χ0) is 20.1. The first-order chi connectivity index (χ1) is 11.9. The molecule has 1 rings (SSSR count). The smallest absolute Gasteiger partial charge is 0.347 e. The van der Waals surface area contributed by atoms with Crippen LogP contribution in [0.15, 0.2) is 11.2 Å². The lowest BCUT2D eigenvalue weighted by Crippen LogP contribution is -2.46. The third-order valence-electron chi connectivity index (χ3n) is 3.70. The van der Waals surface area contributed by atoms with E-state index < -0.39 is 18.6 Å². The normalized spacial score (nSPS) is 12.0. The number of aryl methyl sites for hydroxylation is 1. The van der Waals surface area contributed by atoms with E-state index in [0.717, 1.165) is 18.3 Å². The number of likely N-dealkylation sites (N-methyl/N-ethyl adjacent to an activating group) is 1. The largest absolute Gasteiger partial charge is 0.406 e. The molecule has 7 nitrogen and oxygen atoms in total. The van der Waals surface area contributed by atoms with Gasteiger partial charge < -0.3 is 15.1 Å². The summed E-state index contributed by atoms with van der Waals surface area (Å²) in [6, 6.07) is 0. The van der Waals surface area contributed by atoms with Crippen molar-refractivity contribution >= 4 is 35.8 Å². The molecule has 0 spiro atoms. The molecule has 1 aromatic heterocycles. The van der Waals surface area contributed by atoms with Gasteiger partial charge in [0.25, 0.3) is 0 Å². The van der Waals surface area contributed by atoms with E-state index >= 15 is 0 Å². The summed E-state index contributed by atoms with van der Waals surface area (Å²) >= 11 is 0. The Morgan fingerprint density at radius 3 is 2.41 bits per heavy atom. The Balaban J connectivity index is 0.00000676. The molecule has 0 saturated carbocycles. The maximum Gasteiger partial charge on any atom is 0.406 e. The molecule has 1 amide bonds. The summed E-state index contributed by atoms with van der Waals surface area (Å²) < 4.78 is 38.8. The predicted molar refractivity (Wildman–Crippen MR) is 109 cm³/mol. The van der Waals surface area contributed by atoms with E-state index in [2.05, 4.69) is 15.4 Å². The van der Waals surface area contributed by atoms with Gasteiger partial charge in [0.15, 0.2) is 5.96 Å². The van der Waals surface area contributed by atoms with Gasteiger partial charge in [-0.1, -0.05) is 13.8 Å². The minimum Gasteiger partial charge on any atom is -0.347 e. The average molecular weight is 504 g/mol. The molecule has 0 radical (unpaired) electrons. The van der Waals surface area contributed by atoms with Gasteiger partial charge in [0.2, 0.25) is 5.91 Å². The number of hydrogen-bond donors (Lipinski definition) is 1. The number of nitrogens with zero attached hydrogens (tertiary/aromatic N) is 5. The number of alkyl halides is 3. The number of aromatic nitrogens is 2. The van der Waals surface area contributed by atoms with Crippen molar-refractivity contribution in [2.24, 2.45) is 12.0 Å². The van der Waals surface area contributed by atoms with Gasteiger partial charge in [-0.15, -0.1) is 24.0 Å². The molecule has 0 aliphatic heterocycles. The minimum atomic E-state index is -4.42. The second-order valence-corrected chi connectivity index (χ2v) is 6.49. The van der Waals surface area contributed by atoms with Crippen molar-refractivity contribution in [3.05, 3.63) is 17.5 Å². The fraction of sp³-hybridized carbons (Fsp3) is 0.688. The van der Waals surface area contributed by atoms with E-state index in [1.807, 2.05) is 27.1 Å². The topological polar surface area (TPSA) is 65.8 Å². The van der Waals surface area contributed by atoms with Crippen LogP contribution < -0.4 is 5.32 Å². The summed E-state index contributed by atoms with van der Waals surface area (Å²) in [4.78, 5) is 18.4. The van der Waals surface area contributed by atoms with Crippen molar-refractivity contribution in [3.63, 3.8) is 0 Å². The quantitative estimate of drug-likeness (QED) is 0.367. The summed E-state index contributed by atoms with van der Waals surface area (Å²) in [6.07, 6.45) is -2.50. The molecular weight excluding hydrogens is 476 g/mol. The monoisotopic (exact) mass is 504 g/mol. The van der Waals surface area contributed by atoms with Gasteiger partial charge in [0.1, 0.15) is 6.54 Å². The Labute approximate surface area is 175 Å². The van der Waals surface area contributed by atoms with Crippen molar-refractivity contribution in [1.82, 2.24) is 24.9 Å². The van der Waals surface area contributed by atoms with E-state index in [9.17, 15) is 18.0 Å². The minimum absolute atomic E-state index is 0. The highest BCUT2D eigenvalue weighted by Crippen LogP contribution is 2.18. The van der Waals surface area contributed by atoms with E-state index in [-0.39, 0.29) is 36.4 Å². The average Bonchev–Trinajstić information content (AvgIpc) is 2.86. The summed E-state index contributed by atoms with van der Waals surface area (Å²) in [5.41, 5.74) is 1.99. The number of hydrogen-bond acceptors (Lipinski definition) is 3. The van der Waals surface area contributed by atoms with Crippen molar-refractivity contribution in [1.29, 1.82) is 0 Å². The van der Waals surface area contributed by atoms with E-state index in [1.54, 1.807) is 23.7 Å². The lowest BCUT2D eigenvalue weighted by atomic mass is 10.1. The number of rotatable bonds is 6. The maximum absolute atomic E-state index is 12.4. The second-order valence-electron chi connectivity index (χ2n) is 6.49. The van der Waals surface area contributed by atoms with Crippen LogP contribution >= 0.6 is 24.0 Å². The second kappa shape index (κ2) is 10.7. The highest BCUT2D eigenvalue weighted by Gasteiger charge is 2.31. The first-order valence-electron chi connectivity index (χ1n) is 8.19. The van der Waals surface area contributed by atoms with Crippen LogP contribution in [0, 0.1) is 0 Å². The fourth-order valence-corrected chi connectivity index (χ4v) is 2.52. The van der Waals surface area contributed by atoms with Crippen molar-refractivity contribution in [3.8, 4) is 0 Å². The van der Waals surface area contributed by atoms with Crippen LogP contribution in [0.2, 0.25) is 0 Å². The lowest BCUT2D eigenvalue weighted by Gasteiger charge is -2.24. The van der Waals surface area contributed by atoms with Crippen LogP contribution in [-0.2, 0) is 18.4 Å². The molecule has 0 aliphatic rings. The Bertz CT molecular complexity index is 645. The summed E-state index contributed by atoms with van der Waals surface area (Å²) in [5.74, 6) is 0.00519. The van der Waals surface area contributed by atoms with Crippen molar-refractivity contribution in [2.75, 3.05) is 34.2 Å². The van der Waals surface area contributed by atoms with E-state index in [4.69, 9.17) is 0 Å². The molecule has 1 N–H and O–H groups in total. The predicted octanol–water partition coefficient (Wildman–Crippen LogP) is 2.19.